The number of carbonyl (C=O) groups excluding carboxylic acids is 1. The maximum Gasteiger partial charge on any atom is 0.333 e. The van der Waals surface area contributed by atoms with Gasteiger partial charge in [0.05, 0.1) is 44.0 Å². The lowest BCUT2D eigenvalue weighted by Gasteiger charge is -2.71. The number of allylic oxidation sites excluding steroid dienone is 2. The van der Waals surface area contributed by atoms with Gasteiger partial charge in [-0.15, -0.1) is 5.10 Å². The van der Waals surface area contributed by atoms with Crippen molar-refractivity contribution >= 4 is 5.97 Å². The van der Waals surface area contributed by atoms with E-state index in [1.165, 1.54) is 27.0 Å². The number of aromatic nitrogens is 5. The van der Waals surface area contributed by atoms with E-state index in [4.69, 9.17) is 18.9 Å². The number of hydrogen-bond acceptors (Lipinski definition) is 10. The number of benzene rings is 3. The summed E-state index contributed by atoms with van der Waals surface area (Å²) < 4.78 is 31.2. The highest BCUT2D eigenvalue weighted by Crippen LogP contribution is 2.76. The Morgan fingerprint density at radius 3 is 2.07 bits per heavy atom. The Bertz CT molecular complexity index is 3040. The van der Waals surface area contributed by atoms with Crippen LogP contribution in [-0.2, 0) is 56.7 Å². The Morgan fingerprint density at radius 2 is 1.38 bits per heavy atom. The second-order valence-electron chi connectivity index (χ2n) is 25.8. The van der Waals surface area contributed by atoms with Gasteiger partial charge in [0.15, 0.2) is 6.23 Å². The van der Waals surface area contributed by atoms with Crippen molar-refractivity contribution in [2.45, 2.75) is 176 Å². The Morgan fingerprint density at radius 1 is 0.737 bits per heavy atom. The van der Waals surface area contributed by atoms with Crippen LogP contribution in [0.3, 0.4) is 0 Å². The predicted octanol–water partition coefficient (Wildman–Crippen LogP) is 10.6. The van der Waals surface area contributed by atoms with E-state index in [0.29, 0.717) is 17.5 Å². The van der Waals surface area contributed by atoms with Crippen LogP contribution in [-0.4, -0.2) is 59.6 Å². The van der Waals surface area contributed by atoms with Gasteiger partial charge in [-0.25, -0.2) is 9.48 Å². The largest absolute Gasteiger partial charge is 0.459 e. The number of hydrogen-bond donors (Lipinski definition) is 1. The summed E-state index contributed by atoms with van der Waals surface area (Å²) in [4.78, 5) is 42.8. The molecule has 0 amide bonds. The lowest BCUT2D eigenvalue weighted by molar-refractivity contribution is -0.206. The lowest BCUT2D eigenvalue weighted by Crippen LogP contribution is -2.65. The van der Waals surface area contributed by atoms with Crippen LogP contribution in [0.15, 0.2) is 131 Å². The third-order valence-electron chi connectivity index (χ3n) is 20.7. The smallest absolute Gasteiger partial charge is 0.333 e. The molecule has 404 valence electrons. The summed E-state index contributed by atoms with van der Waals surface area (Å²) in [6.45, 7) is 17.8. The number of rotatable bonds is 14. The second kappa shape index (κ2) is 20.1. The number of aliphatic hydroxyl groups is 1. The van der Waals surface area contributed by atoms with Crippen LogP contribution < -0.4 is 11.2 Å². The molecule has 5 fully saturated rings. The Labute approximate surface area is 448 Å². The first-order chi connectivity index (χ1) is 36.3. The fourth-order valence-corrected chi connectivity index (χ4v) is 16.2. The van der Waals surface area contributed by atoms with Crippen molar-refractivity contribution in [3.63, 3.8) is 0 Å². The molecule has 3 aromatic carbocycles. The van der Waals surface area contributed by atoms with Gasteiger partial charge in [0.2, 0.25) is 0 Å². The zero-order chi connectivity index (χ0) is 53.3. The van der Waals surface area contributed by atoms with Crippen molar-refractivity contribution in [3.8, 4) is 0 Å². The molecule has 3 heterocycles. The van der Waals surface area contributed by atoms with Crippen molar-refractivity contribution in [2.75, 3.05) is 0 Å². The molecule has 0 spiro atoms. The fourth-order valence-electron chi connectivity index (χ4n) is 16.2. The van der Waals surface area contributed by atoms with E-state index in [2.05, 4.69) is 64.9 Å². The molecule has 5 aromatic rings. The van der Waals surface area contributed by atoms with Crippen LogP contribution in [0.2, 0.25) is 0 Å². The van der Waals surface area contributed by atoms with Gasteiger partial charge in [-0.05, 0) is 126 Å². The van der Waals surface area contributed by atoms with Gasteiger partial charge < -0.3 is 24.1 Å². The van der Waals surface area contributed by atoms with Gasteiger partial charge in [0.25, 0.3) is 5.56 Å². The first-order valence-electron chi connectivity index (χ1n) is 28.1. The van der Waals surface area contributed by atoms with Crippen LogP contribution in [0, 0.1) is 50.2 Å². The van der Waals surface area contributed by atoms with Crippen molar-refractivity contribution in [1.82, 2.24) is 24.1 Å². The average molecular weight is 1030 g/mol. The number of ether oxygens (including phenoxy) is 4. The van der Waals surface area contributed by atoms with Crippen LogP contribution in [0.1, 0.15) is 141 Å². The fraction of sp³-hybridized carbons (Fsp3) is 0.571. The average Bonchev–Trinajstić information content (AvgIpc) is 4.12. The Balaban J connectivity index is 0.846. The minimum Gasteiger partial charge on any atom is -0.459 e. The third-order valence-corrected chi connectivity index (χ3v) is 20.7. The maximum atomic E-state index is 15.1. The van der Waals surface area contributed by atoms with E-state index in [1.807, 2.05) is 91.0 Å². The predicted molar refractivity (Wildman–Crippen MR) is 289 cm³/mol. The number of aliphatic hydroxyl groups excluding tert-OH is 1. The summed E-state index contributed by atoms with van der Waals surface area (Å²) in [6, 6.07) is 30.5. The molecule has 5 aliphatic carbocycles. The van der Waals surface area contributed by atoms with Crippen LogP contribution in [0.5, 0.6) is 0 Å². The number of nitrogens with zero attached hydrogens (tertiary/aromatic N) is 5. The molecule has 2 aromatic heterocycles. The minimum atomic E-state index is -0.974. The molecule has 76 heavy (non-hydrogen) atoms. The summed E-state index contributed by atoms with van der Waals surface area (Å²) in [5.74, 6) is 0.950. The SMILES string of the molecule is CC1(C)CC[C@]2(C(=O)OCc3cn(C[C@H]4O[C@@H](n5ccc(=O)n(Cc6ccccc6)c5=O)C(OCc5ccccc5)C4OCc4ccccc4)nn3)CC[C@]3(C)C(=CCC4[C@@]5(C)CC[C@H](O)C(C)(C)C5CC[C@]43C)[C@@H]2C1. The molecule has 6 aliphatic rings. The summed E-state index contributed by atoms with van der Waals surface area (Å²) >= 11 is 0. The zero-order valence-corrected chi connectivity index (χ0v) is 45.7. The summed E-state index contributed by atoms with van der Waals surface area (Å²) in [5.41, 5.74) is 3.32. The Hall–Kier alpha value is -5.47. The van der Waals surface area contributed by atoms with Crippen LogP contribution in [0.4, 0.5) is 0 Å². The van der Waals surface area contributed by atoms with Gasteiger partial charge in [0.1, 0.15) is 30.6 Å². The summed E-state index contributed by atoms with van der Waals surface area (Å²) in [5, 5.41) is 20.3. The molecule has 13 nitrogen and oxygen atoms in total. The van der Waals surface area contributed by atoms with Gasteiger partial charge in [-0.3, -0.25) is 18.7 Å². The number of esters is 1. The molecular formula is C63H79N5O8. The van der Waals surface area contributed by atoms with E-state index >= 15 is 4.79 Å². The topological polar surface area (TPSA) is 149 Å². The normalized spacial score (nSPS) is 34.2. The highest BCUT2D eigenvalue weighted by atomic mass is 16.6. The second-order valence-corrected chi connectivity index (χ2v) is 25.8. The molecule has 4 unspecified atom stereocenters. The van der Waals surface area contributed by atoms with E-state index in [-0.39, 0.29) is 78.0 Å². The molecule has 11 rings (SSSR count). The molecule has 4 saturated carbocycles. The van der Waals surface area contributed by atoms with Crippen molar-refractivity contribution < 1.29 is 28.8 Å². The van der Waals surface area contributed by atoms with E-state index in [1.54, 1.807) is 10.9 Å². The quantitative estimate of drug-likeness (QED) is 0.0841. The number of fused-ring (bicyclic) bond motifs is 7. The molecule has 1 saturated heterocycles. The molecule has 13 heteroatoms. The van der Waals surface area contributed by atoms with Gasteiger partial charge in [-0.2, -0.15) is 0 Å². The van der Waals surface area contributed by atoms with Crippen molar-refractivity contribution in [1.29, 1.82) is 0 Å². The molecule has 0 bridgehead atoms. The zero-order valence-electron chi connectivity index (χ0n) is 45.7. The maximum absolute atomic E-state index is 15.1. The van der Waals surface area contributed by atoms with Crippen LogP contribution in [0.25, 0.3) is 0 Å². The highest BCUT2D eigenvalue weighted by Gasteiger charge is 2.69. The van der Waals surface area contributed by atoms with Gasteiger partial charge >= 0.3 is 11.7 Å². The van der Waals surface area contributed by atoms with Gasteiger partial charge in [-0.1, -0.05) is 156 Å². The molecule has 12 atom stereocenters. The third kappa shape index (κ3) is 9.18. The minimum absolute atomic E-state index is 0.0164. The molecule has 0 radical (unpaired) electrons. The van der Waals surface area contributed by atoms with E-state index < -0.39 is 41.2 Å². The summed E-state index contributed by atoms with van der Waals surface area (Å²) in [6.07, 6.45) is 12.1. The monoisotopic (exact) mass is 1030 g/mol. The van der Waals surface area contributed by atoms with E-state index in [0.717, 1.165) is 80.9 Å². The van der Waals surface area contributed by atoms with Crippen molar-refractivity contribution in [2.24, 2.45) is 50.2 Å². The highest BCUT2D eigenvalue weighted by molar-refractivity contribution is 5.79. The Kier molecular flexibility index (Phi) is 13.9. The molecule has 1 N–H and O–H groups in total. The molecular weight excluding hydrogens is 955 g/mol. The molecule has 1 aliphatic heterocycles. The number of carbonyl (C=O) groups is 1. The lowest BCUT2D eigenvalue weighted by atomic mass is 9.33. The summed E-state index contributed by atoms with van der Waals surface area (Å²) in [7, 11) is 0. The first-order valence-corrected chi connectivity index (χ1v) is 28.1. The van der Waals surface area contributed by atoms with Crippen LogP contribution >= 0.6 is 0 Å². The standard InChI is InChI=1S/C63H79N5O8/c1-58(2)30-32-63(33-31-61(6)46(47(63)35-58)23-24-50-60(5)28-26-51(69)59(3,4)49(60)25-29-62(50,61)7)56(71)75-41-45-37-66(65-64-45)38-48-53(73-39-43-19-13-9-14-20-43)54(74-40-44-21-15-10-16-22-44)55(76-48)67-34-27-52(70)68(57(67)72)36-42-17-11-8-12-18-42/h8-23,27,34,37,47-51,53-55,69H,24-26,28-33,35-36,38-41H2,1-7H3/t47-,48+,49?,50?,51-,53?,54?,55+,60-,61+,62+,63-/m0/s1. The van der Waals surface area contributed by atoms with E-state index in [9.17, 15) is 14.7 Å². The first kappa shape index (κ1) is 52.6. The van der Waals surface area contributed by atoms with Crippen molar-refractivity contribution in [3.05, 3.63) is 164 Å². The van der Waals surface area contributed by atoms with Gasteiger partial charge in [0, 0.05) is 12.3 Å².